The number of halogens is 22. The van der Waals surface area contributed by atoms with Crippen LogP contribution in [-0.2, 0) is 9.47 Å². The summed E-state index contributed by atoms with van der Waals surface area (Å²) < 4.78 is 270. The minimum Gasteiger partial charge on any atom is -0.340 e. The fraction of sp³-hybridized carbons (Fsp3) is 1.00. The third-order valence-electron chi connectivity index (χ3n) is 5.26. The topological polar surface area (TPSA) is 18.5 Å². The molecular weight excluding hydrogens is 690 g/mol. The van der Waals surface area contributed by atoms with Gasteiger partial charge in [-0.1, -0.05) is 0 Å². The molecule has 1 heterocycles. The average Bonchev–Trinajstić information content (AvgIpc) is 3.22. The zero-order valence-corrected chi connectivity index (χ0v) is 22.5. The standard InChI is InChI=1S/C7H7F9.C6H9F3O2.C5H2F8.2CH3F/c1-4(9,6(12,13)3-8)5(10,11)2-7(14,15)16;1-4-3-10-5(2,11-4)6(7,8)9;6-2(7)1-3(8,9)5(12,13)4(2,10)11;2*1-2/h2-3H2,1H3;4H,3H2,1-2H3;1H2;2*1H3. The van der Waals surface area contributed by atoms with E-state index in [-0.39, 0.29) is 6.61 Å². The Balaban J connectivity index is -0.000000548. The Labute approximate surface area is 234 Å². The molecule has 3 unspecified atom stereocenters. The van der Waals surface area contributed by atoms with Crippen molar-refractivity contribution in [1.29, 1.82) is 0 Å². The van der Waals surface area contributed by atoms with E-state index in [1.165, 1.54) is 6.92 Å². The highest BCUT2D eigenvalue weighted by Gasteiger charge is 2.88. The molecule has 0 aromatic heterocycles. The number of ether oxygens (including phenoxy) is 2. The average molecular weight is 714 g/mol. The predicted octanol–water partition coefficient (Wildman–Crippen LogP) is 9.71. The van der Waals surface area contributed by atoms with Crippen molar-refractivity contribution in [2.75, 3.05) is 27.6 Å². The van der Waals surface area contributed by atoms with Crippen molar-refractivity contribution in [1.82, 2.24) is 0 Å². The smallest absolute Gasteiger partial charge is 0.340 e. The second-order valence-electron chi connectivity index (χ2n) is 8.75. The molecule has 270 valence electrons. The molecule has 2 aliphatic rings. The Bertz CT molecular complexity index is 826. The lowest BCUT2D eigenvalue weighted by Gasteiger charge is -2.35. The SMILES string of the molecule is CC(F)(C(F)(F)CF)C(F)(F)CC(F)(F)F.CC1COC(C)(C(F)(F)F)O1.CF.CF.FC1(F)CC(F)(F)C(F)(F)C1(F)F. The number of hydrogen-bond acceptors (Lipinski definition) is 2. The van der Waals surface area contributed by atoms with Crippen molar-refractivity contribution in [3.8, 4) is 0 Å². The van der Waals surface area contributed by atoms with Gasteiger partial charge >= 0.3 is 42.0 Å². The second kappa shape index (κ2) is 14.9. The quantitative estimate of drug-likeness (QED) is 0.270. The molecule has 0 spiro atoms. The first-order valence-corrected chi connectivity index (χ1v) is 10.8. The van der Waals surface area contributed by atoms with E-state index in [4.69, 9.17) is 0 Å². The van der Waals surface area contributed by atoms with Gasteiger partial charge in [-0.15, -0.1) is 0 Å². The van der Waals surface area contributed by atoms with Crippen LogP contribution in [0.25, 0.3) is 0 Å². The minimum atomic E-state index is -6.00. The van der Waals surface area contributed by atoms with Crippen molar-refractivity contribution < 1.29 is 106 Å². The molecule has 1 saturated carbocycles. The second-order valence-corrected chi connectivity index (χ2v) is 8.75. The van der Waals surface area contributed by atoms with Crippen LogP contribution < -0.4 is 0 Å². The maximum Gasteiger partial charge on any atom is 0.442 e. The molecule has 44 heavy (non-hydrogen) atoms. The van der Waals surface area contributed by atoms with Gasteiger partial charge in [0.05, 0.1) is 33.5 Å². The summed E-state index contributed by atoms with van der Waals surface area (Å²) in [6, 6.07) is 0. The largest absolute Gasteiger partial charge is 0.442 e. The van der Waals surface area contributed by atoms with E-state index in [9.17, 15) is 96.6 Å². The van der Waals surface area contributed by atoms with E-state index in [2.05, 4.69) is 9.47 Å². The van der Waals surface area contributed by atoms with Gasteiger partial charge in [-0.25, -0.2) is 17.6 Å². The first-order chi connectivity index (χ1) is 19.1. The number of hydrogen-bond donors (Lipinski definition) is 0. The van der Waals surface area contributed by atoms with Crippen molar-refractivity contribution in [3.63, 3.8) is 0 Å². The van der Waals surface area contributed by atoms with Gasteiger partial charge in [0.1, 0.15) is 6.42 Å². The van der Waals surface area contributed by atoms with E-state index in [1.54, 1.807) is 0 Å². The molecule has 0 aromatic rings. The van der Waals surface area contributed by atoms with E-state index >= 15 is 0 Å². The van der Waals surface area contributed by atoms with Gasteiger partial charge in [0.2, 0.25) is 5.67 Å². The lowest BCUT2D eigenvalue weighted by atomic mass is 9.90. The highest BCUT2D eigenvalue weighted by atomic mass is 19.4. The van der Waals surface area contributed by atoms with Crippen molar-refractivity contribution >= 4 is 0 Å². The molecule has 0 bridgehead atoms. The molecule has 2 nitrogen and oxygen atoms in total. The molecule has 2 fully saturated rings. The van der Waals surface area contributed by atoms with Crippen molar-refractivity contribution in [3.05, 3.63) is 0 Å². The monoisotopic (exact) mass is 714 g/mol. The van der Waals surface area contributed by atoms with Crippen LogP contribution in [0.5, 0.6) is 0 Å². The summed E-state index contributed by atoms with van der Waals surface area (Å²) >= 11 is 0. The zero-order chi connectivity index (χ0) is 36.8. The molecular formula is C20H24F22O2. The molecule has 0 aromatic carbocycles. The molecule has 3 atom stereocenters. The normalized spacial score (nSPS) is 26.7. The third-order valence-corrected chi connectivity index (χ3v) is 5.26. The highest BCUT2D eigenvalue weighted by molar-refractivity contribution is 5.13. The summed E-state index contributed by atoms with van der Waals surface area (Å²) in [6.07, 6.45) is -16.4. The molecule has 1 saturated heterocycles. The Kier molecular flexibility index (Phi) is 15.8. The summed E-state index contributed by atoms with van der Waals surface area (Å²) in [5, 5.41) is 0. The molecule has 0 amide bonds. The van der Waals surface area contributed by atoms with E-state index in [0.29, 0.717) is 14.4 Å². The third kappa shape index (κ3) is 10.2. The lowest BCUT2D eigenvalue weighted by Crippen LogP contribution is -2.57. The molecule has 1 aliphatic carbocycles. The van der Waals surface area contributed by atoms with Gasteiger partial charge < -0.3 is 9.47 Å². The first-order valence-electron chi connectivity index (χ1n) is 10.8. The summed E-state index contributed by atoms with van der Waals surface area (Å²) in [5.41, 5.74) is -4.91. The number of rotatable bonds is 4. The van der Waals surface area contributed by atoms with Gasteiger partial charge in [-0.2, -0.15) is 70.2 Å². The van der Waals surface area contributed by atoms with Gasteiger partial charge in [-0.3, -0.25) is 8.78 Å². The molecule has 2 rings (SSSR count). The summed E-state index contributed by atoms with van der Waals surface area (Å²) in [6.45, 7) is -0.852. The van der Waals surface area contributed by atoms with Gasteiger partial charge in [0.15, 0.2) is 6.67 Å². The Morgan fingerprint density at radius 3 is 1.16 bits per heavy atom. The van der Waals surface area contributed by atoms with E-state index in [1.807, 2.05) is 0 Å². The van der Waals surface area contributed by atoms with Crippen LogP contribution in [0.3, 0.4) is 0 Å². The summed E-state index contributed by atoms with van der Waals surface area (Å²) in [4.78, 5) is 0. The minimum absolute atomic E-state index is 0.00396. The van der Waals surface area contributed by atoms with Crippen LogP contribution in [0.2, 0.25) is 0 Å². The van der Waals surface area contributed by atoms with Crippen LogP contribution in [0.1, 0.15) is 33.6 Å². The lowest BCUT2D eigenvalue weighted by molar-refractivity contribution is -0.338. The fourth-order valence-electron chi connectivity index (χ4n) is 2.65. The summed E-state index contributed by atoms with van der Waals surface area (Å²) in [5.74, 6) is -35.7. The van der Waals surface area contributed by atoms with Gasteiger partial charge in [0, 0.05) is 0 Å². The van der Waals surface area contributed by atoms with Gasteiger partial charge in [0.25, 0.3) is 11.7 Å². The van der Waals surface area contributed by atoms with Crippen molar-refractivity contribution in [2.24, 2.45) is 0 Å². The molecule has 0 N–H and O–H groups in total. The molecule has 24 heteroatoms. The van der Waals surface area contributed by atoms with Crippen LogP contribution in [-0.4, -0.2) is 93.1 Å². The first kappa shape index (κ1) is 46.8. The Hall–Kier alpha value is -1.62. The molecule has 1 aliphatic heterocycles. The van der Waals surface area contributed by atoms with Crippen LogP contribution >= 0.6 is 0 Å². The fourth-order valence-corrected chi connectivity index (χ4v) is 2.65. The van der Waals surface area contributed by atoms with Crippen LogP contribution in [0, 0.1) is 0 Å². The van der Waals surface area contributed by atoms with Crippen LogP contribution in [0.15, 0.2) is 0 Å². The summed E-state index contributed by atoms with van der Waals surface area (Å²) in [7, 11) is 1.00. The van der Waals surface area contributed by atoms with E-state index < -0.39 is 91.9 Å². The highest BCUT2D eigenvalue weighted by Crippen LogP contribution is 2.62. The van der Waals surface area contributed by atoms with Gasteiger partial charge in [-0.05, 0) is 20.8 Å². The number of alkyl halides is 22. The predicted molar refractivity (Wildman–Crippen MR) is 105 cm³/mol. The maximum atomic E-state index is 12.9. The van der Waals surface area contributed by atoms with Crippen molar-refractivity contribution in [2.45, 2.75) is 99.1 Å². The van der Waals surface area contributed by atoms with Crippen LogP contribution in [0.4, 0.5) is 96.6 Å². The zero-order valence-electron chi connectivity index (χ0n) is 22.5. The Morgan fingerprint density at radius 2 is 1.00 bits per heavy atom. The van der Waals surface area contributed by atoms with E-state index in [0.717, 1.165) is 6.92 Å². The molecule has 0 radical (unpaired) electrons. The Morgan fingerprint density at radius 1 is 0.659 bits per heavy atom. The maximum absolute atomic E-state index is 12.9.